The van der Waals surface area contributed by atoms with E-state index in [1.54, 1.807) is 24.5 Å². The molecule has 1 amide bonds. The van der Waals surface area contributed by atoms with E-state index in [1.165, 1.54) is 0 Å². The Hall–Kier alpha value is -1.89. The van der Waals surface area contributed by atoms with Gasteiger partial charge in [0, 0.05) is 6.20 Å². The molecule has 0 aliphatic carbocycles. The fourth-order valence-corrected chi connectivity index (χ4v) is 0.900. The summed E-state index contributed by atoms with van der Waals surface area (Å²) in [7, 11) is 0. The number of anilines is 1. The maximum atomic E-state index is 11.0. The molecule has 13 heavy (non-hydrogen) atoms. The number of carbonyl (C=O) groups is 1. The van der Waals surface area contributed by atoms with Gasteiger partial charge < -0.3 is 5.32 Å². The highest BCUT2D eigenvalue weighted by Gasteiger charge is 2.00. The van der Waals surface area contributed by atoms with Gasteiger partial charge >= 0.3 is 0 Å². The van der Waals surface area contributed by atoms with Gasteiger partial charge in [0.15, 0.2) is 0 Å². The second-order valence-corrected chi connectivity index (χ2v) is 2.63. The molecular weight excluding hydrogens is 166 g/mol. The predicted molar refractivity (Wildman–Crippen MR) is 47.8 cm³/mol. The number of hydrogen-bond acceptors (Lipinski definition) is 3. The highest BCUT2D eigenvalue weighted by Crippen LogP contribution is 2.06. The van der Waals surface area contributed by atoms with Crippen LogP contribution in [-0.2, 0) is 4.79 Å². The van der Waals surface area contributed by atoms with E-state index < -0.39 is 0 Å². The molecule has 0 fully saturated rings. The number of carbonyl (C=O) groups excluding carboxylic acids is 1. The van der Waals surface area contributed by atoms with Crippen molar-refractivity contribution in [1.29, 1.82) is 5.26 Å². The summed E-state index contributed by atoms with van der Waals surface area (Å²) in [5, 5.41) is 10.8. The van der Waals surface area contributed by atoms with Crippen LogP contribution in [0, 0.1) is 18.3 Å². The first-order chi connectivity index (χ1) is 6.22. The SMILES string of the molecule is Cc1cncc(NC(=O)CC#N)c1. The van der Waals surface area contributed by atoms with Crippen molar-refractivity contribution in [1.82, 2.24) is 4.98 Å². The predicted octanol–water partition coefficient (Wildman–Crippen LogP) is 1.24. The third-order valence-corrected chi connectivity index (χ3v) is 1.40. The van der Waals surface area contributed by atoms with Crippen molar-refractivity contribution in [2.75, 3.05) is 5.32 Å². The Balaban J connectivity index is 2.65. The molecule has 0 atom stereocenters. The summed E-state index contributed by atoms with van der Waals surface area (Å²) in [5.41, 5.74) is 1.59. The van der Waals surface area contributed by atoms with Crippen molar-refractivity contribution < 1.29 is 4.79 Å². The average Bonchev–Trinajstić information content (AvgIpc) is 2.04. The molecule has 0 unspecified atom stereocenters. The number of nitrogens with zero attached hydrogens (tertiary/aromatic N) is 2. The van der Waals surface area contributed by atoms with E-state index in [-0.39, 0.29) is 12.3 Å². The van der Waals surface area contributed by atoms with Gasteiger partial charge in [0.25, 0.3) is 0 Å². The first kappa shape index (κ1) is 9.20. The largest absolute Gasteiger partial charge is 0.324 e. The zero-order valence-corrected chi connectivity index (χ0v) is 7.24. The number of pyridine rings is 1. The fraction of sp³-hybridized carbons (Fsp3) is 0.222. The molecule has 0 aliphatic heterocycles. The second kappa shape index (κ2) is 4.21. The lowest BCUT2D eigenvalue weighted by Gasteiger charge is -2.01. The highest BCUT2D eigenvalue weighted by atomic mass is 16.1. The first-order valence-corrected chi connectivity index (χ1v) is 3.81. The van der Waals surface area contributed by atoms with Crippen molar-refractivity contribution in [2.24, 2.45) is 0 Å². The molecule has 0 spiro atoms. The zero-order chi connectivity index (χ0) is 9.68. The third-order valence-electron chi connectivity index (χ3n) is 1.40. The summed E-state index contributed by atoms with van der Waals surface area (Å²) in [5.74, 6) is -0.310. The molecule has 1 aromatic rings. The van der Waals surface area contributed by atoms with Gasteiger partial charge in [-0.05, 0) is 18.6 Å². The number of aryl methyl sites for hydroxylation is 1. The Morgan fingerprint density at radius 2 is 2.46 bits per heavy atom. The van der Waals surface area contributed by atoms with Crippen LogP contribution >= 0.6 is 0 Å². The summed E-state index contributed by atoms with van der Waals surface area (Å²) in [4.78, 5) is 14.9. The van der Waals surface area contributed by atoms with Crippen LogP contribution in [0.15, 0.2) is 18.5 Å². The standard InChI is InChI=1S/C9H9N3O/c1-7-4-8(6-11-5-7)12-9(13)2-3-10/h4-6H,2H2,1H3,(H,12,13). The van der Waals surface area contributed by atoms with Crippen molar-refractivity contribution in [3.63, 3.8) is 0 Å². The molecule has 4 nitrogen and oxygen atoms in total. The van der Waals surface area contributed by atoms with E-state index >= 15 is 0 Å². The molecule has 66 valence electrons. The third kappa shape index (κ3) is 2.91. The Bertz CT molecular complexity index is 354. The van der Waals surface area contributed by atoms with E-state index in [0.29, 0.717) is 5.69 Å². The molecule has 1 heterocycles. The molecule has 0 aliphatic rings. The Morgan fingerprint density at radius 3 is 3.08 bits per heavy atom. The topological polar surface area (TPSA) is 65.8 Å². The molecule has 1 rings (SSSR count). The minimum Gasteiger partial charge on any atom is -0.324 e. The monoisotopic (exact) mass is 175 g/mol. The summed E-state index contributed by atoms with van der Waals surface area (Å²) >= 11 is 0. The lowest BCUT2D eigenvalue weighted by molar-refractivity contribution is -0.115. The van der Waals surface area contributed by atoms with Gasteiger partial charge in [-0.1, -0.05) is 0 Å². The number of nitrogens with one attached hydrogen (secondary N) is 1. The van der Waals surface area contributed by atoms with Crippen molar-refractivity contribution in [3.05, 3.63) is 24.0 Å². The van der Waals surface area contributed by atoms with Crippen LogP contribution in [0.25, 0.3) is 0 Å². The normalized spacial score (nSPS) is 8.92. The number of amides is 1. The number of aromatic nitrogens is 1. The maximum absolute atomic E-state index is 11.0. The van der Waals surface area contributed by atoms with Gasteiger partial charge in [0.05, 0.1) is 18.0 Å². The number of rotatable bonds is 2. The van der Waals surface area contributed by atoms with Crippen LogP contribution in [0.2, 0.25) is 0 Å². The Morgan fingerprint density at radius 1 is 1.69 bits per heavy atom. The minimum atomic E-state index is -0.310. The molecule has 4 heteroatoms. The van der Waals surface area contributed by atoms with E-state index in [2.05, 4.69) is 10.3 Å². The lowest BCUT2D eigenvalue weighted by Crippen LogP contribution is -2.10. The van der Waals surface area contributed by atoms with Gasteiger partial charge in [0.2, 0.25) is 5.91 Å². The zero-order valence-electron chi connectivity index (χ0n) is 7.24. The minimum absolute atomic E-state index is 0.131. The van der Waals surface area contributed by atoms with Crippen LogP contribution in [0.1, 0.15) is 12.0 Å². The van der Waals surface area contributed by atoms with Crippen LogP contribution in [0.3, 0.4) is 0 Å². The molecule has 0 bridgehead atoms. The summed E-state index contributed by atoms with van der Waals surface area (Å²) in [6, 6.07) is 3.56. The highest BCUT2D eigenvalue weighted by molar-refractivity contribution is 5.91. The van der Waals surface area contributed by atoms with Crippen molar-refractivity contribution in [2.45, 2.75) is 13.3 Å². The Labute approximate surface area is 76.2 Å². The van der Waals surface area contributed by atoms with Crippen LogP contribution < -0.4 is 5.32 Å². The molecule has 0 saturated carbocycles. The summed E-state index contributed by atoms with van der Waals surface area (Å²) < 4.78 is 0. The van der Waals surface area contributed by atoms with Crippen molar-refractivity contribution in [3.8, 4) is 6.07 Å². The van der Waals surface area contributed by atoms with Gasteiger partial charge in [-0.2, -0.15) is 5.26 Å². The van der Waals surface area contributed by atoms with Crippen LogP contribution in [-0.4, -0.2) is 10.9 Å². The Kier molecular flexibility index (Phi) is 2.98. The van der Waals surface area contributed by atoms with Gasteiger partial charge in [-0.3, -0.25) is 9.78 Å². The molecule has 0 radical (unpaired) electrons. The van der Waals surface area contributed by atoms with E-state index in [9.17, 15) is 4.79 Å². The first-order valence-electron chi connectivity index (χ1n) is 3.81. The van der Waals surface area contributed by atoms with E-state index in [0.717, 1.165) is 5.56 Å². The summed E-state index contributed by atoms with van der Waals surface area (Å²) in [6.45, 7) is 1.88. The fourth-order valence-electron chi connectivity index (χ4n) is 0.900. The molecule has 0 saturated heterocycles. The van der Waals surface area contributed by atoms with E-state index in [4.69, 9.17) is 5.26 Å². The molecular formula is C9H9N3O. The number of nitriles is 1. The smallest absolute Gasteiger partial charge is 0.238 e. The van der Waals surface area contributed by atoms with E-state index in [1.807, 2.05) is 6.92 Å². The quantitative estimate of drug-likeness (QED) is 0.735. The van der Waals surface area contributed by atoms with Gasteiger partial charge in [-0.15, -0.1) is 0 Å². The van der Waals surface area contributed by atoms with Gasteiger partial charge in [0.1, 0.15) is 6.42 Å². The molecule has 1 aromatic heterocycles. The maximum Gasteiger partial charge on any atom is 0.238 e. The summed E-state index contributed by atoms with van der Waals surface area (Å²) in [6.07, 6.45) is 3.11. The van der Waals surface area contributed by atoms with Crippen LogP contribution in [0.5, 0.6) is 0 Å². The molecule has 0 aromatic carbocycles. The molecule has 1 N–H and O–H groups in total. The second-order valence-electron chi connectivity index (χ2n) is 2.63. The lowest BCUT2D eigenvalue weighted by atomic mass is 10.3. The van der Waals surface area contributed by atoms with Crippen molar-refractivity contribution >= 4 is 11.6 Å². The number of hydrogen-bond donors (Lipinski definition) is 1. The van der Waals surface area contributed by atoms with Gasteiger partial charge in [-0.25, -0.2) is 0 Å². The van der Waals surface area contributed by atoms with Crippen LogP contribution in [0.4, 0.5) is 5.69 Å². The average molecular weight is 175 g/mol.